The lowest BCUT2D eigenvalue weighted by Crippen LogP contribution is -2.34. The first-order valence-electron chi connectivity index (χ1n) is 13.8. The van der Waals surface area contributed by atoms with Crippen molar-refractivity contribution in [3.05, 3.63) is 24.0 Å². The molecule has 212 valence electrons. The molecule has 1 aromatic carbocycles. The predicted octanol–water partition coefficient (Wildman–Crippen LogP) is 6.11. The number of aromatic nitrogens is 3. The van der Waals surface area contributed by atoms with Crippen LogP contribution < -0.4 is 15.8 Å². The fraction of sp³-hybridized carbons (Fsp3) is 0.621. The molecule has 3 aromatic rings. The largest absolute Gasteiger partial charge is 0.492 e. The van der Waals surface area contributed by atoms with E-state index < -0.39 is 11.7 Å². The van der Waals surface area contributed by atoms with Gasteiger partial charge in [-0.2, -0.15) is 0 Å². The fourth-order valence-electron chi connectivity index (χ4n) is 3.86. The van der Waals surface area contributed by atoms with Gasteiger partial charge in [-0.15, -0.1) is 0 Å². The van der Waals surface area contributed by atoms with Crippen LogP contribution in [0.3, 0.4) is 0 Å². The molecule has 0 aliphatic rings. The molecule has 0 saturated carbocycles. The average Bonchev–Trinajstić information content (AvgIpc) is 3.21. The smallest absolute Gasteiger partial charge is 0.407 e. The Hall–Kier alpha value is -3.07. The minimum Gasteiger partial charge on any atom is -0.492 e. The Morgan fingerprint density at radius 3 is 2.47 bits per heavy atom. The summed E-state index contributed by atoms with van der Waals surface area (Å²) in [6.07, 6.45) is 2.57. The summed E-state index contributed by atoms with van der Waals surface area (Å²) >= 11 is 0. The molecule has 0 spiro atoms. The zero-order valence-corrected chi connectivity index (χ0v) is 24.5. The fourth-order valence-corrected chi connectivity index (χ4v) is 3.86. The summed E-state index contributed by atoms with van der Waals surface area (Å²) in [6, 6.07) is 5.77. The third-order valence-corrected chi connectivity index (χ3v) is 5.60. The van der Waals surface area contributed by atoms with Crippen molar-refractivity contribution in [3.8, 4) is 5.75 Å². The van der Waals surface area contributed by atoms with Crippen LogP contribution in [0, 0.1) is 5.92 Å². The number of nitrogens with zero attached hydrogens (tertiary/aromatic N) is 3. The number of fused-ring (bicyclic) bond motifs is 3. The summed E-state index contributed by atoms with van der Waals surface area (Å²) in [4.78, 5) is 21.0. The topological polar surface area (TPSA) is 114 Å². The molecule has 1 amide bonds. The van der Waals surface area contributed by atoms with Gasteiger partial charge in [-0.3, -0.25) is 0 Å². The number of nitrogens with one attached hydrogen (secondary N) is 1. The van der Waals surface area contributed by atoms with E-state index in [2.05, 4.69) is 42.6 Å². The number of anilines is 1. The normalized spacial score (nSPS) is 11.5. The number of aryl methyl sites for hydroxylation is 2. The number of pyridine rings is 1. The van der Waals surface area contributed by atoms with Crippen molar-refractivity contribution >= 4 is 33.8 Å². The number of carbonyl (C=O) groups is 1. The Kier molecular flexibility index (Phi) is 12.1. The van der Waals surface area contributed by atoms with Crippen LogP contribution in [0.5, 0.6) is 5.75 Å². The molecular formula is C29H47N5O4. The van der Waals surface area contributed by atoms with Crippen LogP contribution in [0.15, 0.2) is 18.2 Å². The van der Waals surface area contributed by atoms with Gasteiger partial charge in [0.05, 0.1) is 17.6 Å². The van der Waals surface area contributed by atoms with Crippen LogP contribution in [-0.4, -0.2) is 52.6 Å². The van der Waals surface area contributed by atoms with Crippen molar-refractivity contribution < 1.29 is 19.0 Å². The van der Waals surface area contributed by atoms with Gasteiger partial charge < -0.3 is 29.8 Å². The highest BCUT2D eigenvalue weighted by Gasteiger charge is 2.17. The molecular weight excluding hydrogens is 482 g/mol. The van der Waals surface area contributed by atoms with Crippen LogP contribution in [0.2, 0.25) is 0 Å². The highest BCUT2D eigenvalue weighted by atomic mass is 16.6. The summed E-state index contributed by atoms with van der Waals surface area (Å²) in [5.74, 6) is 2.88. The van der Waals surface area contributed by atoms with E-state index in [-0.39, 0.29) is 0 Å². The van der Waals surface area contributed by atoms with E-state index in [4.69, 9.17) is 24.9 Å². The number of nitrogens with two attached hydrogens (primary N) is 1. The summed E-state index contributed by atoms with van der Waals surface area (Å²) in [6.45, 7) is 19.5. The van der Waals surface area contributed by atoms with Crippen LogP contribution in [0.1, 0.15) is 74.1 Å². The molecule has 0 unspecified atom stereocenters. The molecule has 3 rings (SSSR count). The second-order valence-corrected chi connectivity index (χ2v) is 10.6. The number of benzene rings is 1. The number of alkyl carbamates (subject to hydrolysis) is 1. The Morgan fingerprint density at radius 2 is 1.87 bits per heavy atom. The van der Waals surface area contributed by atoms with Gasteiger partial charge in [-0.05, 0) is 58.6 Å². The van der Waals surface area contributed by atoms with E-state index in [1.54, 1.807) is 0 Å². The van der Waals surface area contributed by atoms with E-state index in [1.807, 2.05) is 45.9 Å². The second-order valence-electron chi connectivity index (χ2n) is 10.6. The summed E-state index contributed by atoms with van der Waals surface area (Å²) in [7, 11) is 0. The third-order valence-electron chi connectivity index (χ3n) is 5.60. The highest BCUT2D eigenvalue weighted by molar-refractivity contribution is 6.06. The van der Waals surface area contributed by atoms with Gasteiger partial charge in [0.15, 0.2) is 5.82 Å². The summed E-state index contributed by atoms with van der Waals surface area (Å²) in [5.41, 5.74) is 8.23. The van der Waals surface area contributed by atoms with E-state index >= 15 is 0 Å². The van der Waals surface area contributed by atoms with Gasteiger partial charge in [0.1, 0.15) is 29.3 Å². The molecule has 38 heavy (non-hydrogen) atoms. The van der Waals surface area contributed by atoms with E-state index in [1.165, 1.54) is 6.42 Å². The molecule has 2 heterocycles. The highest BCUT2D eigenvalue weighted by Crippen LogP contribution is 2.31. The predicted molar refractivity (Wildman–Crippen MR) is 155 cm³/mol. The summed E-state index contributed by atoms with van der Waals surface area (Å²) < 4.78 is 18.4. The number of imidazole rings is 1. The first kappa shape index (κ1) is 31.1. The standard InChI is InChI=1S/C22H31N5O3.C7H16O/c1-6-11-27-17(7-2)26-18-19(27)15-9-8-14(13-16(15)25-20(18)23)29-12-10-24-21(28)30-22(3,4)5;1-4-8-6-5-7(2)3/h8-9,13H,6-7,10-12H2,1-5H3,(H2,23,25)(H,24,28);7H,4-6H2,1-3H3. The van der Waals surface area contributed by atoms with E-state index in [9.17, 15) is 4.79 Å². The maximum absolute atomic E-state index is 11.7. The first-order chi connectivity index (χ1) is 18.0. The maximum atomic E-state index is 11.7. The van der Waals surface area contributed by atoms with Crippen molar-refractivity contribution in [2.24, 2.45) is 5.92 Å². The van der Waals surface area contributed by atoms with Gasteiger partial charge in [0, 0.05) is 37.6 Å². The number of nitrogen functional groups attached to an aromatic ring is 1. The Morgan fingerprint density at radius 1 is 1.13 bits per heavy atom. The zero-order valence-electron chi connectivity index (χ0n) is 24.5. The molecule has 2 aromatic heterocycles. The van der Waals surface area contributed by atoms with Crippen LogP contribution in [0.4, 0.5) is 10.6 Å². The SMILES string of the molecule is CCCn1c(CC)nc2c(N)nc3cc(OCCNC(=O)OC(C)(C)C)ccc3c21.CCOCCC(C)C. The molecule has 0 atom stereocenters. The van der Waals surface area contributed by atoms with Crippen molar-refractivity contribution in [1.82, 2.24) is 19.9 Å². The molecule has 9 heteroatoms. The lowest BCUT2D eigenvalue weighted by molar-refractivity contribution is 0.0520. The Balaban J connectivity index is 0.000000550. The van der Waals surface area contributed by atoms with Crippen molar-refractivity contribution in [2.45, 2.75) is 86.8 Å². The van der Waals surface area contributed by atoms with Gasteiger partial charge in [0.2, 0.25) is 0 Å². The summed E-state index contributed by atoms with van der Waals surface area (Å²) in [5, 5.41) is 3.68. The second kappa shape index (κ2) is 14.8. The Labute approximate surface area is 227 Å². The van der Waals surface area contributed by atoms with E-state index in [0.717, 1.165) is 66.3 Å². The quantitative estimate of drug-likeness (QED) is 0.288. The molecule has 0 bridgehead atoms. The van der Waals surface area contributed by atoms with E-state index in [0.29, 0.717) is 24.7 Å². The maximum Gasteiger partial charge on any atom is 0.407 e. The molecule has 0 fully saturated rings. The van der Waals surface area contributed by atoms with Crippen molar-refractivity contribution in [2.75, 3.05) is 32.1 Å². The molecule has 9 nitrogen and oxygen atoms in total. The minimum absolute atomic E-state index is 0.316. The molecule has 0 aliphatic heterocycles. The van der Waals surface area contributed by atoms with Crippen LogP contribution in [-0.2, 0) is 22.4 Å². The average molecular weight is 530 g/mol. The lowest BCUT2D eigenvalue weighted by atomic mass is 10.1. The number of amides is 1. The Bertz CT molecular complexity index is 1170. The van der Waals surface area contributed by atoms with Gasteiger partial charge in [-0.1, -0.05) is 27.7 Å². The number of hydrogen-bond acceptors (Lipinski definition) is 7. The van der Waals surface area contributed by atoms with Gasteiger partial charge in [-0.25, -0.2) is 14.8 Å². The van der Waals surface area contributed by atoms with Crippen LogP contribution in [0.25, 0.3) is 21.9 Å². The van der Waals surface area contributed by atoms with Gasteiger partial charge >= 0.3 is 6.09 Å². The minimum atomic E-state index is -0.526. The molecule has 0 aliphatic carbocycles. The number of carbonyl (C=O) groups excluding carboxylic acids is 1. The van der Waals surface area contributed by atoms with Crippen LogP contribution >= 0.6 is 0 Å². The molecule has 0 radical (unpaired) electrons. The van der Waals surface area contributed by atoms with Gasteiger partial charge in [0.25, 0.3) is 0 Å². The zero-order chi connectivity index (χ0) is 28.3. The first-order valence-corrected chi connectivity index (χ1v) is 13.8. The number of hydrogen-bond donors (Lipinski definition) is 2. The molecule has 3 N–H and O–H groups in total. The third kappa shape index (κ3) is 9.35. The monoisotopic (exact) mass is 529 g/mol. The number of rotatable bonds is 11. The van der Waals surface area contributed by atoms with Crippen molar-refractivity contribution in [1.29, 1.82) is 0 Å². The molecule has 0 saturated heterocycles. The lowest BCUT2D eigenvalue weighted by Gasteiger charge is -2.19. The van der Waals surface area contributed by atoms with Crippen molar-refractivity contribution in [3.63, 3.8) is 0 Å². The number of ether oxygens (including phenoxy) is 3.